The standard InChI is InChI=1S/C15H22N2O4S/c1-10-4-3-5-11(8-10)17-15(18)13-9-12(22(16,19)20)6-7-14(13)21-2/h6-7,9-11H,3-5,8H2,1-2H3,(H,17,18)(H2,16,19,20). The molecule has 2 unspecified atom stereocenters. The number of nitrogens with two attached hydrogens (primary N) is 1. The van der Waals surface area contributed by atoms with Crippen molar-refractivity contribution < 1.29 is 17.9 Å². The van der Waals surface area contributed by atoms with Gasteiger partial charge in [0, 0.05) is 6.04 Å². The number of sulfonamides is 1. The van der Waals surface area contributed by atoms with Crippen molar-refractivity contribution in [3.05, 3.63) is 23.8 Å². The monoisotopic (exact) mass is 326 g/mol. The predicted molar refractivity (Wildman–Crippen MR) is 83.3 cm³/mol. The van der Waals surface area contributed by atoms with Crippen molar-refractivity contribution in [3.8, 4) is 5.75 Å². The van der Waals surface area contributed by atoms with Crippen LogP contribution in [0.2, 0.25) is 0 Å². The lowest BCUT2D eigenvalue weighted by Gasteiger charge is -2.27. The Morgan fingerprint density at radius 1 is 1.36 bits per heavy atom. The molecule has 122 valence electrons. The normalized spacial score (nSPS) is 22.1. The maximum atomic E-state index is 12.5. The number of amides is 1. The zero-order valence-corrected chi connectivity index (χ0v) is 13.7. The molecule has 1 aliphatic carbocycles. The highest BCUT2D eigenvalue weighted by Gasteiger charge is 2.23. The number of hydrogen-bond acceptors (Lipinski definition) is 4. The van der Waals surface area contributed by atoms with Gasteiger partial charge in [-0.15, -0.1) is 0 Å². The van der Waals surface area contributed by atoms with Gasteiger partial charge in [-0.05, 0) is 37.0 Å². The SMILES string of the molecule is COc1ccc(S(N)(=O)=O)cc1C(=O)NC1CCCC(C)C1. The van der Waals surface area contributed by atoms with Crippen LogP contribution in [0.1, 0.15) is 43.0 Å². The van der Waals surface area contributed by atoms with E-state index < -0.39 is 10.0 Å². The summed E-state index contributed by atoms with van der Waals surface area (Å²) in [4.78, 5) is 12.4. The van der Waals surface area contributed by atoms with Crippen LogP contribution in [-0.2, 0) is 10.0 Å². The average molecular weight is 326 g/mol. The fourth-order valence-electron chi connectivity index (χ4n) is 2.87. The number of carbonyl (C=O) groups excluding carboxylic acids is 1. The van der Waals surface area contributed by atoms with E-state index in [-0.39, 0.29) is 22.4 Å². The van der Waals surface area contributed by atoms with Gasteiger partial charge >= 0.3 is 0 Å². The molecule has 0 radical (unpaired) electrons. The molecule has 0 spiro atoms. The summed E-state index contributed by atoms with van der Waals surface area (Å²) in [6.45, 7) is 2.17. The van der Waals surface area contributed by atoms with Crippen LogP contribution in [-0.4, -0.2) is 27.5 Å². The molecular weight excluding hydrogens is 304 g/mol. The van der Waals surface area contributed by atoms with E-state index >= 15 is 0 Å². The van der Waals surface area contributed by atoms with Gasteiger partial charge in [0.15, 0.2) is 0 Å². The molecule has 1 amide bonds. The third-order valence-corrected chi connectivity index (χ3v) is 4.93. The number of carbonyl (C=O) groups is 1. The van der Waals surface area contributed by atoms with Crippen LogP contribution >= 0.6 is 0 Å². The van der Waals surface area contributed by atoms with E-state index in [2.05, 4.69) is 12.2 Å². The third kappa shape index (κ3) is 3.98. The summed E-state index contributed by atoms with van der Waals surface area (Å²) in [5.74, 6) is 0.576. The summed E-state index contributed by atoms with van der Waals surface area (Å²) in [6, 6.07) is 4.14. The number of primary sulfonamides is 1. The second-order valence-electron chi connectivity index (χ2n) is 5.85. The van der Waals surface area contributed by atoms with Gasteiger partial charge in [0.05, 0.1) is 17.6 Å². The Bertz CT molecular complexity index is 658. The zero-order valence-electron chi connectivity index (χ0n) is 12.8. The minimum Gasteiger partial charge on any atom is -0.496 e. The maximum Gasteiger partial charge on any atom is 0.255 e. The van der Waals surface area contributed by atoms with Crippen LogP contribution in [0.3, 0.4) is 0 Å². The molecule has 7 heteroatoms. The minimum absolute atomic E-state index is 0.101. The van der Waals surface area contributed by atoms with Gasteiger partial charge in [0.25, 0.3) is 5.91 Å². The minimum atomic E-state index is -3.86. The summed E-state index contributed by atoms with van der Waals surface area (Å²) >= 11 is 0. The highest BCUT2D eigenvalue weighted by molar-refractivity contribution is 7.89. The van der Waals surface area contributed by atoms with Crippen molar-refractivity contribution in [2.75, 3.05) is 7.11 Å². The molecule has 2 atom stereocenters. The molecule has 0 heterocycles. The Labute approximate surface area is 131 Å². The van der Waals surface area contributed by atoms with Crippen molar-refractivity contribution >= 4 is 15.9 Å². The molecule has 1 saturated carbocycles. The Balaban J connectivity index is 2.23. The van der Waals surface area contributed by atoms with Gasteiger partial charge in [0.2, 0.25) is 10.0 Å². The van der Waals surface area contributed by atoms with E-state index in [1.165, 1.54) is 31.7 Å². The van der Waals surface area contributed by atoms with Gasteiger partial charge in [0.1, 0.15) is 5.75 Å². The summed E-state index contributed by atoms with van der Waals surface area (Å²) < 4.78 is 28.0. The van der Waals surface area contributed by atoms with Crippen molar-refractivity contribution in [2.45, 2.75) is 43.5 Å². The number of hydrogen-bond donors (Lipinski definition) is 2. The average Bonchev–Trinajstić information content (AvgIpc) is 2.45. The van der Waals surface area contributed by atoms with E-state index in [0.717, 1.165) is 19.3 Å². The van der Waals surface area contributed by atoms with Crippen LogP contribution in [0, 0.1) is 5.92 Å². The van der Waals surface area contributed by atoms with Gasteiger partial charge < -0.3 is 10.1 Å². The summed E-state index contributed by atoms with van der Waals surface area (Å²) in [5.41, 5.74) is 0.187. The molecule has 1 aromatic carbocycles. The van der Waals surface area contributed by atoms with Crippen LogP contribution < -0.4 is 15.2 Å². The fourth-order valence-corrected chi connectivity index (χ4v) is 3.41. The lowest BCUT2D eigenvalue weighted by atomic mass is 9.87. The smallest absolute Gasteiger partial charge is 0.255 e. The number of ether oxygens (including phenoxy) is 1. The molecule has 0 aliphatic heterocycles. The summed E-state index contributed by atoms with van der Waals surface area (Å²) in [5, 5.41) is 8.08. The molecule has 1 aliphatic rings. The first-order chi connectivity index (χ1) is 10.3. The summed E-state index contributed by atoms with van der Waals surface area (Å²) in [7, 11) is -2.43. The van der Waals surface area contributed by atoms with Gasteiger partial charge in [-0.2, -0.15) is 0 Å². The van der Waals surface area contributed by atoms with Crippen LogP contribution in [0.25, 0.3) is 0 Å². The highest BCUT2D eigenvalue weighted by Crippen LogP contribution is 2.26. The third-order valence-electron chi connectivity index (χ3n) is 4.02. The van der Waals surface area contributed by atoms with Crippen LogP contribution in [0.5, 0.6) is 5.75 Å². The van der Waals surface area contributed by atoms with Gasteiger partial charge in [-0.25, -0.2) is 13.6 Å². The molecule has 6 nitrogen and oxygen atoms in total. The van der Waals surface area contributed by atoms with E-state index in [0.29, 0.717) is 11.7 Å². The first kappa shape index (κ1) is 16.8. The van der Waals surface area contributed by atoms with Gasteiger partial charge in [-0.1, -0.05) is 19.8 Å². The predicted octanol–water partition coefficient (Wildman–Crippen LogP) is 1.65. The fraction of sp³-hybridized carbons (Fsp3) is 0.533. The molecular formula is C15H22N2O4S. The molecule has 0 aromatic heterocycles. The zero-order chi connectivity index (χ0) is 16.3. The van der Waals surface area contributed by atoms with Crippen LogP contribution in [0.4, 0.5) is 0 Å². The molecule has 1 aromatic rings. The maximum absolute atomic E-state index is 12.5. The molecule has 0 saturated heterocycles. The van der Waals surface area contributed by atoms with Crippen molar-refractivity contribution in [1.29, 1.82) is 0 Å². The number of nitrogens with one attached hydrogen (secondary N) is 1. The van der Waals surface area contributed by atoms with Crippen molar-refractivity contribution in [2.24, 2.45) is 11.1 Å². The van der Waals surface area contributed by atoms with Crippen molar-refractivity contribution in [1.82, 2.24) is 5.32 Å². The number of methoxy groups -OCH3 is 1. The molecule has 0 bridgehead atoms. The van der Waals surface area contributed by atoms with Crippen molar-refractivity contribution in [3.63, 3.8) is 0 Å². The van der Waals surface area contributed by atoms with Gasteiger partial charge in [-0.3, -0.25) is 4.79 Å². The van der Waals surface area contributed by atoms with E-state index in [1.54, 1.807) is 0 Å². The van der Waals surface area contributed by atoms with Crippen LogP contribution in [0.15, 0.2) is 23.1 Å². The highest BCUT2D eigenvalue weighted by atomic mass is 32.2. The molecule has 22 heavy (non-hydrogen) atoms. The Morgan fingerprint density at radius 2 is 2.09 bits per heavy atom. The Morgan fingerprint density at radius 3 is 2.68 bits per heavy atom. The Kier molecular flexibility index (Phi) is 5.08. The quantitative estimate of drug-likeness (QED) is 0.879. The molecule has 2 rings (SSSR count). The largest absolute Gasteiger partial charge is 0.496 e. The lowest BCUT2D eigenvalue weighted by Crippen LogP contribution is -2.38. The topological polar surface area (TPSA) is 98.5 Å². The number of rotatable bonds is 4. The molecule has 1 fully saturated rings. The lowest BCUT2D eigenvalue weighted by molar-refractivity contribution is 0.0918. The van der Waals surface area contributed by atoms with E-state index in [4.69, 9.17) is 9.88 Å². The summed E-state index contributed by atoms with van der Waals surface area (Å²) in [6.07, 6.45) is 4.13. The van der Waals surface area contributed by atoms with E-state index in [1.807, 2.05) is 0 Å². The second kappa shape index (κ2) is 6.66. The number of benzene rings is 1. The molecule has 3 N–H and O–H groups in total. The first-order valence-corrected chi connectivity index (χ1v) is 8.87. The van der Waals surface area contributed by atoms with E-state index in [9.17, 15) is 13.2 Å². The Hall–Kier alpha value is -1.60. The second-order valence-corrected chi connectivity index (χ2v) is 7.41. The first-order valence-electron chi connectivity index (χ1n) is 7.33.